The Morgan fingerprint density at radius 1 is 0.967 bits per heavy atom. The van der Waals surface area contributed by atoms with Gasteiger partial charge in [0.2, 0.25) is 5.82 Å². The number of rotatable bonds is 4. The van der Waals surface area contributed by atoms with Crippen molar-refractivity contribution in [2.24, 2.45) is 0 Å². The van der Waals surface area contributed by atoms with Gasteiger partial charge in [0.1, 0.15) is 11.6 Å². The first-order chi connectivity index (χ1) is 14.1. The minimum absolute atomic E-state index is 0.000490. The summed E-state index contributed by atoms with van der Waals surface area (Å²) in [7, 11) is 0. The van der Waals surface area contributed by atoms with Crippen LogP contribution in [0.3, 0.4) is 0 Å². The number of hydrogen-bond donors (Lipinski definition) is 2. The first-order valence-corrected chi connectivity index (χ1v) is 9.95. The van der Waals surface area contributed by atoms with Crippen LogP contribution in [0.2, 0.25) is 0 Å². The van der Waals surface area contributed by atoms with Crippen molar-refractivity contribution in [3.8, 4) is 17.2 Å². The maximum Gasteiger partial charge on any atom is 0.216 e. The molecular formula is C24H28N6. The van der Waals surface area contributed by atoms with E-state index >= 15 is 0 Å². The molecule has 0 aliphatic heterocycles. The van der Waals surface area contributed by atoms with Crippen LogP contribution in [0.1, 0.15) is 58.5 Å². The molecule has 3 aromatic rings. The van der Waals surface area contributed by atoms with Gasteiger partial charge in [0, 0.05) is 17.5 Å². The molecule has 0 unspecified atom stereocenters. The van der Waals surface area contributed by atoms with Crippen LogP contribution in [-0.4, -0.2) is 20.6 Å². The number of aromatic nitrogens is 4. The first kappa shape index (κ1) is 21.3. The monoisotopic (exact) mass is 400 g/mol. The number of tetrazole rings is 1. The molecule has 0 atom stereocenters. The Labute approximate surface area is 178 Å². The summed E-state index contributed by atoms with van der Waals surface area (Å²) in [5, 5.41) is 26.5. The number of aromatic amines is 1. The lowest BCUT2D eigenvalue weighted by Gasteiger charge is -2.22. The van der Waals surface area contributed by atoms with Gasteiger partial charge < -0.3 is 5.32 Å². The van der Waals surface area contributed by atoms with Gasteiger partial charge in [-0.15, -0.1) is 10.2 Å². The average molecular weight is 401 g/mol. The van der Waals surface area contributed by atoms with Gasteiger partial charge in [-0.2, -0.15) is 10.5 Å². The fourth-order valence-corrected chi connectivity index (χ4v) is 3.10. The third-order valence-corrected chi connectivity index (χ3v) is 5.03. The summed E-state index contributed by atoms with van der Waals surface area (Å²) in [5.41, 5.74) is 5.98. The first-order valence-electron chi connectivity index (χ1n) is 9.95. The Morgan fingerprint density at radius 2 is 1.60 bits per heavy atom. The Bertz CT molecular complexity index is 1070. The smallest absolute Gasteiger partial charge is 0.216 e. The maximum absolute atomic E-state index is 9.47. The molecule has 3 rings (SSSR count). The van der Waals surface area contributed by atoms with E-state index in [4.69, 9.17) is 0 Å². The molecule has 0 spiro atoms. The summed E-state index contributed by atoms with van der Waals surface area (Å²) in [6, 6.07) is 17.2. The molecule has 2 N–H and O–H groups in total. The zero-order chi connectivity index (χ0) is 21.9. The molecule has 2 aromatic carbocycles. The van der Waals surface area contributed by atoms with E-state index in [2.05, 4.69) is 116 Å². The maximum atomic E-state index is 9.47. The number of nitrogens with zero attached hydrogens (tertiary/aromatic N) is 4. The second kappa shape index (κ2) is 8.11. The van der Waals surface area contributed by atoms with Crippen molar-refractivity contribution < 1.29 is 0 Å². The average Bonchev–Trinajstić information content (AvgIpc) is 3.22. The summed E-state index contributed by atoms with van der Waals surface area (Å²) < 4.78 is 0. The predicted octanol–water partition coefficient (Wildman–Crippen LogP) is 5.44. The van der Waals surface area contributed by atoms with E-state index < -0.39 is 0 Å². The van der Waals surface area contributed by atoms with Gasteiger partial charge in [0.25, 0.3) is 0 Å². The molecule has 6 heteroatoms. The number of nitrogens with one attached hydrogen (secondary N) is 2. The third kappa shape index (κ3) is 4.74. The van der Waals surface area contributed by atoms with Crippen molar-refractivity contribution in [3.63, 3.8) is 0 Å². The van der Waals surface area contributed by atoms with E-state index in [1.54, 1.807) is 6.20 Å². The van der Waals surface area contributed by atoms with Crippen LogP contribution in [-0.2, 0) is 10.8 Å². The molecule has 0 radical (unpaired) electrons. The highest BCUT2D eigenvalue weighted by Crippen LogP contribution is 2.34. The molecule has 1 heterocycles. The molecule has 0 bridgehead atoms. The number of H-pyrrole nitrogens is 1. The van der Waals surface area contributed by atoms with Crippen LogP contribution in [0.15, 0.2) is 48.7 Å². The highest BCUT2D eigenvalue weighted by Gasteiger charge is 2.17. The molecule has 0 aliphatic rings. The molecule has 30 heavy (non-hydrogen) atoms. The second-order valence-electron chi connectivity index (χ2n) is 9.39. The lowest BCUT2D eigenvalue weighted by Crippen LogP contribution is -2.12. The van der Waals surface area contributed by atoms with Gasteiger partial charge in [0.05, 0.1) is 0 Å². The summed E-state index contributed by atoms with van der Waals surface area (Å²) >= 11 is 0. The van der Waals surface area contributed by atoms with E-state index in [0.29, 0.717) is 5.57 Å². The molecule has 0 saturated heterocycles. The zero-order valence-corrected chi connectivity index (χ0v) is 18.4. The van der Waals surface area contributed by atoms with Crippen LogP contribution in [0.25, 0.3) is 16.7 Å². The molecule has 0 saturated carbocycles. The SMILES string of the molecule is CC(C)(C)c1ccc(-c2ccc(C(C)(C)C)cc2NC=C(C#N)c2nn[nH]n2)cc1. The summed E-state index contributed by atoms with van der Waals surface area (Å²) in [4.78, 5) is 0. The lowest BCUT2D eigenvalue weighted by molar-refractivity contribution is 0.590. The van der Waals surface area contributed by atoms with Crippen molar-refractivity contribution in [1.29, 1.82) is 5.26 Å². The number of hydrogen-bond acceptors (Lipinski definition) is 5. The van der Waals surface area contributed by atoms with Gasteiger partial charge >= 0.3 is 0 Å². The topological polar surface area (TPSA) is 90.3 Å². The number of nitriles is 1. The molecular weight excluding hydrogens is 372 g/mol. The van der Waals surface area contributed by atoms with Crippen LogP contribution < -0.4 is 5.32 Å². The number of benzene rings is 2. The van der Waals surface area contributed by atoms with E-state index in [0.717, 1.165) is 16.8 Å². The highest BCUT2D eigenvalue weighted by molar-refractivity contribution is 5.82. The molecule has 0 fully saturated rings. The molecule has 6 nitrogen and oxygen atoms in total. The Morgan fingerprint density at radius 3 is 2.13 bits per heavy atom. The zero-order valence-electron chi connectivity index (χ0n) is 18.4. The van der Waals surface area contributed by atoms with E-state index in [1.807, 2.05) is 0 Å². The fourth-order valence-electron chi connectivity index (χ4n) is 3.10. The lowest BCUT2D eigenvalue weighted by atomic mass is 9.84. The Balaban J connectivity index is 2.04. The minimum Gasteiger partial charge on any atom is -0.360 e. The van der Waals surface area contributed by atoms with Gasteiger partial charge in [-0.05, 0) is 38.8 Å². The molecule has 0 amide bonds. The fraction of sp³-hybridized carbons (Fsp3) is 0.333. The van der Waals surface area contributed by atoms with Crippen molar-refractivity contribution >= 4 is 11.3 Å². The quantitative estimate of drug-likeness (QED) is 0.569. The van der Waals surface area contributed by atoms with Gasteiger partial charge in [-0.3, -0.25) is 0 Å². The Hall–Kier alpha value is -3.46. The summed E-state index contributed by atoms with van der Waals surface area (Å²) in [6.45, 7) is 13.2. The van der Waals surface area contributed by atoms with Crippen molar-refractivity contribution in [1.82, 2.24) is 20.6 Å². The second-order valence-corrected chi connectivity index (χ2v) is 9.39. The van der Waals surface area contributed by atoms with E-state index in [9.17, 15) is 5.26 Å². The van der Waals surface area contributed by atoms with Crippen LogP contribution in [0, 0.1) is 11.3 Å². The van der Waals surface area contributed by atoms with Crippen LogP contribution >= 0.6 is 0 Å². The van der Waals surface area contributed by atoms with Crippen LogP contribution in [0.4, 0.5) is 5.69 Å². The molecule has 154 valence electrons. The van der Waals surface area contributed by atoms with Crippen molar-refractivity contribution in [2.45, 2.75) is 52.4 Å². The van der Waals surface area contributed by atoms with E-state index in [-0.39, 0.29) is 16.7 Å². The molecule has 1 aromatic heterocycles. The standard InChI is InChI=1S/C24H28N6/c1-23(2,3)18-9-7-16(8-10-18)20-12-11-19(24(4,5)6)13-21(20)26-15-17(14-25)22-27-29-30-28-22/h7-13,15,26H,1-6H3,(H,27,28,29,30). The Kier molecular flexibility index (Phi) is 5.75. The third-order valence-electron chi connectivity index (χ3n) is 5.03. The predicted molar refractivity (Wildman–Crippen MR) is 121 cm³/mol. The number of allylic oxidation sites excluding steroid dienone is 1. The summed E-state index contributed by atoms with van der Waals surface area (Å²) in [6.07, 6.45) is 1.62. The van der Waals surface area contributed by atoms with Crippen molar-refractivity contribution in [3.05, 3.63) is 65.6 Å². The van der Waals surface area contributed by atoms with Crippen molar-refractivity contribution in [2.75, 3.05) is 5.32 Å². The van der Waals surface area contributed by atoms with E-state index in [1.165, 1.54) is 11.1 Å². The van der Waals surface area contributed by atoms with Crippen LogP contribution in [0.5, 0.6) is 0 Å². The minimum atomic E-state index is 0.000490. The van der Waals surface area contributed by atoms with Gasteiger partial charge in [-0.1, -0.05) is 77.9 Å². The van der Waals surface area contributed by atoms with Gasteiger partial charge in [0.15, 0.2) is 0 Å². The largest absolute Gasteiger partial charge is 0.360 e. The highest BCUT2D eigenvalue weighted by atomic mass is 15.5. The summed E-state index contributed by atoms with van der Waals surface area (Å²) in [5.74, 6) is 0.257. The molecule has 0 aliphatic carbocycles. The van der Waals surface area contributed by atoms with Gasteiger partial charge in [-0.25, -0.2) is 0 Å². The normalized spacial score (nSPS) is 12.5. The number of anilines is 1.